The van der Waals surface area contributed by atoms with Crippen molar-refractivity contribution in [3.8, 4) is 0 Å². The second-order valence-electron chi connectivity index (χ2n) is 7.00. The Morgan fingerprint density at radius 3 is 2.70 bits per heavy atom. The van der Waals surface area contributed by atoms with Crippen LogP contribution in [0.5, 0.6) is 0 Å². The summed E-state index contributed by atoms with van der Waals surface area (Å²) in [5, 5.41) is 7.92. The first-order chi connectivity index (χ1) is 9.41. The molecule has 20 heavy (non-hydrogen) atoms. The van der Waals surface area contributed by atoms with E-state index in [1.54, 1.807) is 6.33 Å². The highest BCUT2D eigenvalue weighted by molar-refractivity contribution is 4.94. The van der Waals surface area contributed by atoms with Crippen molar-refractivity contribution >= 4 is 0 Å². The van der Waals surface area contributed by atoms with Crippen LogP contribution in [0.4, 0.5) is 0 Å². The number of hydrogen-bond acceptors (Lipinski definition) is 4. The van der Waals surface area contributed by atoms with E-state index < -0.39 is 0 Å². The molecule has 5 nitrogen and oxygen atoms in total. The molecular weight excluding hydrogens is 250 g/mol. The van der Waals surface area contributed by atoms with Gasteiger partial charge in [0.1, 0.15) is 12.2 Å². The van der Waals surface area contributed by atoms with Gasteiger partial charge in [0.05, 0.1) is 6.54 Å². The van der Waals surface area contributed by atoms with E-state index in [1.165, 1.54) is 12.8 Å². The molecule has 1 N–H and O–H groups in total. The number of piperazine rings is 1. The number of nitrogens with one attached hydrogen (secondary N) is 1. The third-order valence-electron chi connectivity index (χ3n) is 4.35. The average molecular weight is 279 g/mol. The summed E-state index contributed by atoms with van der Waals surface area (Å²) in [6.45, 7) is 12.3. The van der Waals surface area contributed by atoms with E-state index in [-0.39, 0.29) is 5.41 Å². The molecule has 2 heterocycles. The van der Waals surface area contributed by atoms with Gasteiger partial charge in [0, 0.05) is 32.2 Å². The van der Waals surface area contributed by atoms with Crippen molar-refractivity contribution in [3.63, 3.8) is 0 Å². The third-order valence-corrected chi connectivity index (χ3v) is 4.35. The lowest BCUT2D eigenvalue weighted by Crippen LogP contribution is -2.60. The van der Waals surface area contributed by atoms with E-state index in [2.05, 4.69) is 48.0 Å². The van der Waals surface area contributed by atoms with Crippen molar-refractivity contribution in [3.05, 3.63) is 12.2 Å². The molecule has 1 aromatic rings. The van der Waals surface area contributed by atoms with E-state index in [0.717, 1.165) is 25.5 Å². The summed E-state index contributed by atoms with van der Waals surface area (Å²) in [5.74, 6) is 1.06. The second-order valence-corrected chi connectivity index (χ2v) is 7.00. The lowest BCUT2D eigenvalue weighted by molar-refractivity contribution is 0.0718. The maximum atomic E-state index is 4.38. The lowest BCUT2D eigenvalue weighted by Gasteiger charge is -2.45. The van der Waals surface area contributed by atoms with Gasteiger partial charge in [-0.15, -0.1) is 0 Å². The topological polar surface area (TPSA) is 46.0 Å². The first kappa shape index (κ1) is 15.4. The van der Waals surface area contributed by atoms with Crippen LogP contribution in [0.2, 0.25) is 0 Å². The average Bonchev–Trinajstić information content (AvgIpc) is 2.76. The van der Waals surface area contributed by atoms with Crippen LogP contribution in [0.15, 0.2) is 6.33 Å². The molecular formula is C15H29N5. The third kappa shape index (κ3) is 3.58. The van der Waals surface area contributed by atoms with Crippen LogP contribution in [0, 0.1) is 5.41 Å². The SMILES string of the molecule is CCCC1CNC(C(C)(C)C)CN1Cc1ncnn1C. The molecule has 2 unspecified atom stereocenters. The Kier molecular flexibility index (Phi) is 4.81. The summed E-state index contributed by atoms with van der Waals surface area (Å²) < 4.78 is 1.89. The van der Waals surface area contributed by atoms with Crippen molar-refractivity contribution in [2.75, 3.05) is 13.1 Å². The molecule has 2 rings (SSSR count). The molecule has 0 radical (unpaired) electrons. The molecule has 0 aliphatic carbocycles. The van der Waals surface area contributed by atoms with Gasteiger partial charge in [0.25, 0.3) is 0 Å². The summed E-state index contributed by atoms with van der Waals surface area (Å²) in [7, 11) is 1.97. The first-order valence-electron chi connectivity index (χ1n) is 7.72. The Balaban J connectivity index is 2.08. The number of rotatable bonds is 4. The molecule has 0 amide bonds. The molecule has 0 aromatic carbocycles. The fourth-order valence-electron chi connectivity index (χ4n) is 2.89. The number of aromatic nitrogens is 3. The molecule has 1 saturated heterocycles. The first-order valence-corrected chi connectivity index (χ1v) is 7.72. The summed E-state index contributed by atoms with van der Waals surface area (Å²) in [4.78, 5) is 6.96. The monoisotopic (exact) mass is 279 g/mol. The molecule has 1 aliphatic rings. The maximum Gasteiger partial charge on any atom is 0.140 e. The van der Waals surface area contributed by atoms with Gasteiger partial charge >= 0.3 is 0 Å². The van der Waals surface area contributed by atoms with Crippen LogP contribution >= 0.6 is 0 Å². The highest BCUT2D eigenvalue weighted by Crippen LogP contribution is 2.25. The largest absolute Gasteiger partial charge is 0.311 e. The van der Waals surface area contributed by atoms with Crippen LogP contribution in [-0.4, -0.2) is 44.8 Å². The summed E-state index contributed by atoms with van der Waals surface area (Å²) >= 11 is 0. The normalized spacial score (nSPS) is 25.1. The van der Waals surface area contributed by atoms with Gasteiger partial charge in [-0.1, -0.05) is 34.1 Å². The van der Waals surface area contributed by atoms with Gasteiger partial charge in [0.2, 0.25) is 0 Å². The summed E-state index contributed by atoms with van der Waals surface area (Å²) in [5.41, 5.74) is 0.287. The second kappa shape index (κ2) is 6.22. The number of aryl methyl sites for hydroxylation is 1. The molecule has 0 spiro atoms. The van der Waals surface area contributed by atoms with Crippen LogP contribution in [0.3, 0.4) is 0 Å². The molecule has 0 saturated carbocycles. The van der Waals surface area contributed by atoms with E-state index in [9.17, 15) is 0 Å². The van der Waals surface area contributed by atoms with Gasteiger partial charge < -0.3 is 5.32 Å². The maximum absolute atomic E-state index is 4.38. The predicted octanol–water partition coefficient (Wildman–Crippen LogP) is 1.80. The zero-order valence-corrected chi connectivity index (χ0v) is 13.6. The Hall–Kier alpha value is -0.940. The highest BCUT2D eigenvalue weighted by atomic mass is 15.3. The quantitative estimate of drug-likeness (QED) is 0.913. The zero-order chi connectivity index (χ0) is 14.8. The van der Waals surface area contributed by atoms with Crippen molar-refractivity contribution in [1.82, 2.24) is 25.0 Å². The van der Waals surface area contributed by atoms with Crippen LogP contribution in [-0.2, 0) is 13.6 Å². The molecule has 114 valence electrons. The van der Waals surface area contributed by atoms with Crippen LogP contribution in [0.25, 0.3) is 0 Å². The summed E-state index contributed by atoms with van der Waals surface area (Å²) in [6, 6.07) is 1.14. The van der Waals surface area contributed by atoms with Gasteiger partial charge in [-0.25, -0.2) is 4.98 Å². The zero-order valence-electron chi connectivity index (χ0n) is 13.6. The van der Waals surface area contributed by atoms with E-state index in [1.807, 2.05) is 11.7 Å². The van der Waals surface area contributed by atoms with Crippen molar-refractivity contribution in [1.29, 1.82) is 0 Å². The fraction of sp³-hybridized carbons (Fsp3) is 0.867. The van der Waals surface area contributed by atoms with E-state index in [4.69, 9.17) is 0 Å². The molecule has 5 heteroatoms. The molecule has 0 bridgehead atoms. The Morgan fingerprint density at radius 2 is 2.15 bits per heavy atom. The van der Waals surface area contributed by atoms with Crippen LogP contribution < -0.4 is 5.32 Å². The minimum atomic E-state index is 0.287. The molecule has 2 atom stereocenters. The van der Waals surface area contributed by atoms with Crippen molar-refractivity contribution in [2.24, 2.45) is 12.5 Å². The van der Waals surface area contributed by atoms with Crippen molar-refractivity contribution in [2.45, 2.75) is 59.2 Å². The highest BCUT2D eigenvalue weighted by Gasteiger charge is 2.34. The predicted molar refractivity (Wildman–Crippen MR) is 81.4 cm³/mol. The Morgan fingerprint density at radius 1 is 1.40 bits per heavy atom. The van der Waals surface area contributed by atoms with Gasteiger partial charge in [0.15, 0.2) is 0 Å². The minimum Gasteiger partial charge on any atom is -0.311 e. The van der Waals surface area contributed by atoms with E-state index in [0.29, 0.717) is 12.1 Å². The van der Waals surface area contributed by atoms with Gasteiger partial charge in [-0.3, -0.25) is 9.58 Å². The lowest BCUT2D eigenvalue weighted by atomic mass is 9.84. The number of nitrogens with zero attached hydrogens (tertiary/aromatic N) is 4. The minimum absolute atomic E-state index is 0.287. The van der Waals surface area contributed by atoms with Gasteiger partial charge in [-0.05, 0) is 11.8 Å². The van der Waals surface area contributed by atoms with E-state index >= 15 is 0 Å². The standard InChI is InChI=1S/C15H29N5/c1-6-7-12-8-16-13(15(2,3)4)9-20(12)10-14-17-11-18-19(14)5/h11-13,16H,6-10H2,1-5H3. The molecule has 1 aliphatic heterocycles. The summed E-state index contributed by atoms with van der Waals surface area (Å²) in [6.07, 6.45) is 4.11. The molecule has 1 fully saturated rings. The fourth-order valence-corrected chi connectivity index (χ4v) is 2.89. The smallest absolute Gasteiger partial charge is 0.140 e. The van der Waals surface area contributed by atoms with Crippen LogP contribution in [0.1, 0.15) is 46.4 Å². The molecule has 1 aromatic heterocycles. The Labute approximate surface area is 122 Å². The van der Waals surface area contributed by atoms with Crippen molar-refractivity contribution < 1.29 is 0 Å². The van der Waals surface area contributed by atoms with Gasteiger partial charge in [-0.2, -0.15) is 5.10 Å². The number of hydrogen-bond donors (Lipinski definition) is 1. The Bertz CT molecular complexity index is 420.